The molecule has 0 bridgehead atoms. The number of anilines is 8. The maximum Gasteiger partial charge on any atom is 0.300 e. The number of fused-ring (bicyclic) bond motifs is 4. The highest BCUT2D eigenvalue weighted by Crippen LogP contribution is 2.43. The van der Waals surface area contributed by atoms with Crippen LogP contribution in [0.5, 0.6) is 0 Å². The molecule has 0 radical (unpaired) electrons. The van der Waals surface area contributed by atoms with Crippen molar-refractivity contribution in [3.63, 3.8) is 0 Å². The number of H-pyrrole nitrogens is 2. The highest BCUT2D eigenvalue weighted by molar-refractivity contribution is 7.87. The summed E-state index contributed by atoms with van der Waals surface area (Å²) >= 11 is 25.9. The molecule has 0 unspecified atom stereocenters. The molecule has 0 aliphatic carbocycles. The average Bonchev–Trinajstić information content (AvgIpc) is 3.25. The Balaban J connectivity index is 1.13. The molecule has 9 aromatic rings. The number of aromatic nitrogens is 8. The molecule has 0 aliphatic heterocycles. The van der Waals surface area contributed by atoms with E-state index in [9.17, 15) is 51.9 Å². The van der Waals surface area contributed by atoms with Crippen LogP contribution in [0.1, 0.15) is 0 Å². The minimum absolute atomic E-state index is 0.137. The van der Waals surface area contributed by atoms with Crippen molar-refractivity contribution in [1.82, 2.24) is 39.9 Å². The molecule has 0 amide bonds. The summed E-state index contributed by atoms with van der Waals surface area (Å²) in [4.78, 5) is 26.6. The Morgan fingerprint density at radius 1 is 0.414 bits per heavy atom. The van der Waals surface area contributed by atoms with Gasteiger partial charge in [-0.2, -0.15) is 63.6 Å². The largest absolute Gasteiger partial charge is 0.450 e. The van der Waals surface area contributed by atoms with Gasteiger partial charge < -0.3 is 40.1 Å². The smallest absolute Gasteiger partial charge is 0.300 e. The Morgan fingerprint density at radius 2 is 0.743 bits per heavy atom. The minimum atomic E-state index is -5.24. The van der Waals surface area contributed by atoms with Gasteiger partial charge in [-0.25, -0.2) is 0 Å². The van der Waals surface area contributed by atoms with E-state index in [-0.39, 0.29) is 66.5 Å². The molecular weight excluding hydrogens is 1090 g/mol. The second kappa shape index (κ2) is 17.6. The van der Waals surface area contributed by atoms with Crippen molar-refractivity contribution in [2.24, 2.45) is 0 Å². The first-order chi connectivity index (χ1) is 32.8. The summed E-state index contributed by atoms with van der Waals surface area (Å²) in [6.07, 6.45) is 0. The summed E-state index contributed by atoms with van der Waals surface area (Å²) in [6.45, 7) is 0. The molecule has 4 aromatic heterocycles. The van der Waals surface area contributed by atoms with Crippen LogP contribution >= 0.6 is 46.4 Å². The van der Waals surface area contributed by atoms with Gasteiger partial charge >= 0.3 is 0 Å². The van der Waals surface area contributed by atoms with E-state index < -0.39 is 105 Å². The maximum atomic E-state index is 13.1. The summed E-state index contributed by atoms with van der Waals surface area (Å²) < 4.78 is 153. The van der Waals surface area contributed by atoms with Gasteiger partial charge in [0.1, 0.15) is 30.9 Å². The number of halogens is 4. The highest BCUT2D eigenvalue weighted by Gasteiger charge is 2.29. The molecule has 0 saturated heterocycles. The van der Waals surface area contributed by atoms with Crippen molar-refractivity contribution in [2.45, 2.75) is 19.6 Å². The van der Waals surface area contributed by atoms with E-state index in [1.807, 2.05) is 0 Å². The molecule has 362 valence electrons. The molecule has 70 heavy (non-hydrogen) atoms. The first kappa shape index (κ1) is 48.3. The van der Waals surface area contributed by atoms with Crippen LogP contribution < -0.4 is 21.3 Å². The van der Waals surface area contributed by atoms with E-state index in [4.69, 9.17) is 55.2 Å². The summed E-state index contributed by atoms with van der Waals surface area (Å²) in [6, 6.07) is 15.2. The number of para-hydroxylation sites is 2. The van der Waals surface area contributed by atoms with E-state index in [2.05, 4.69) is 61.1 Å². The molecule has 9 rings (SSSR count). The summed E-state index contributed by atoms with van der Waals surface area (Å²) in [5, 5.41) is 8.73. The molecule has 0 saturated carbocycles. The third-order valence-corrected chi connectivity index (χ3v) is 14.2. The predicted octanol–water partition coefficient (Wildman–Crippen LogP) is 8.21. The van der Waals surface area contributed by atoms with Gasteiger partial charge in [0.25, 0.3) is 40.5 Å². The van der Waals surface area contributed by atoms with Gasteiger partial charge in [-0.15, -0.1) is 0 Å². The van der Waals surface area contributed by atoms with Crippen LogP contribution in [-0.4, -0.2) is 91.8 Å². The molecule has 0 fully saturated rings. The predicted molar refractivity (Wildman–Crippen MR) is 252 cm³/mol. The Kier molecular flexibility index (Phi) is 12.2. The van der Waals surface area contributed by atoms with E-state index >= 15 is 0 Å². The number of benzene rings is 5. The topological polar surface area (TPSA) is 401 Å². The Hall–Kier alpha value is -6.68. The highest BCUT2D eigenvalue weighted by atomic mass is 35.5. The first-order valence-electron chi connectivity index (χ1n) is 18.6. The lowest BCUT2D eigenvalue weighted by atomic mass is 10.2. The third kappa shape index (κ3) is 9.49. The minimum Gasteiger partial charge on any atom is -0.450 e. The van der Waals surface area contributed by atoms with Gasteiger partial charge in [0, 0.05) is 0 Å². The van der Waals surface area contributed by atoms with Crippen LogP contribution in [0, 0.1) is 0 Å². The number of rotatable bonds is 12. The van der Waals surface area contributed by atoms with Gasteiger partial charge in [-0.3, -0.25) is 18.2 Å². The van der Waals surface area contributed by atoms with Crippen LogP contribution in [0.25, 0.3) is 44.4 Å². The summed E-state index contributed by atoms with van der Waals surface area (Å²) in [7, 11) is -19.9. The van der Waals surface area contributed by atoms with Gasteiger partial charge in [-0.1, -0.05) is 47.5 Å². The van der Waals surface area contributed by atoms with E-state index in [1.54, 1.807) is 0 Å². The first-order valence-corrected chi connectivity index (χ1v) is 25.9. The number of hydrogen-bond acceptors (Lipinski definition) is 20. The van der Waals surface area contributed by atoms with Crippen LogP contribution in [-0.2, 0) is 40.5 Å². The van der Waals surface area contributed by atoms with E-state index in [0.717, 1.165) is 24.3 Å². The lowest BCUT2D eigenvalue weighted by Gasteiger charge is -2.16. The standard InChI is InChI=1S/C36H22Cl4N12O14S4/c37-21-24-28(66-26-16(42-24)10-12-18(30(26)70(62,63)64)46-36-50-32(40)48-34(52-36)44-14-6-2-4-8-20(14)68(56,57)58)22(38)23-27(21)65-25-15(41-23)9-11-17(29(25)69(59,60)61)45-35-49-31(39)47-33(51-35)43-13-5-1-3-7-19(13)67(53,54)55/h1-12,41-42H,(H,53,54,55)(H,56,57,58)(H,59,60,61)(H,62,63,64)(H2,43,45,47,49,51)(H2,44,46,48,50,52). The van der Waals surface area contributed by atoms with Gasteiger partial charge in [0.05, 0.1) is 33.8 Å². The Labute approximate surface area is 410 Å². The molecule has 5 aromatic carbocycles. The van der Waals surface area contributed by atoms with Crippen molar-refractivity contribution in [3.05, 3.63) is 93.4 Å². The van der Waals surface area contributed by atoms with Gasteiger partial charge in [0.2, 0.25) is 34.4 Å². The van der Waals surface area contributed by atoms with Crippen molar-refractivity contribution >= 4 is 178 Å². The summed E-state index contributed by atoms with van der Waals surface area (Å²) in [5.41, 5.74) is -3.47. The van der Waals surface area contributed by atoms with Crippen molar-refractivity contribution < 1.29 is 60.7 Å². The number of aromatic amines is 2. The zero-order valence-electron chi connectivity index (χ0n) is 33.6. The SMILES string of the molecule is O=S(=O)(O)c1ccccc1Nc1nc(Cl)nc(Nc2ccc3[nH]c4c(Cl)c5oc6c(S(=O)(=O)O)c(Nc7nc(Cl)nc(Nc8ccccc8S(=O)(=O)O)n7)ccc6[nH]c5c(Cl)c4oc3c2S(=O)(=O)O)n1. The second-order valence-electron chi connectivity index (χ2n) is 14.0. The van der Waals surface area contributed by atoms with E-state index in [1.165, 1.54) is 48.5 Å². The quantitative estimate of drug-likeness (QED) is 0.0407. The third-order valence-electron chi connectivity index (χ3n) is 9.49. The zero-order valence-corrected chi connectivity index (χ0v) is 39.9. The number of hydrogen-bond donors (Lipinski definition) is 10. The average molecular weight is 1120 g/mol. The number of nitrogens with zero attached hydrogens (tertiary/aromatic N) is 6. The normalized spacial score (nSPS) is 12.5. The van der Waals surface area contributed by atoms with Crippen LogP contribution in [0.2, 0.25) is 20.6 Å². The maximum absolute atomic E-state index is 13.1. The molecule has 26 nitrogen and oxygen atoms in total. The fraction of sp³-hybridized carbons (Fsp3) is 0. The molecular formula is C36H22Cl4N12O14S4. The zero-order chi connectivity index (χ0) is 50.2. The lowest BCUT2D eigenvalue weighted by molar-refractivity contribution is 0.480. The fourth-order valence-corrected chi connectivity index (χ4v) is 10.5. The van der Waals surface area contributed by atoms with Crippen molar-refractivity contribution in [3.8, 4) is 0 Å². The molecule has 0 spiro atoms. The van der Waals surface area contributed by atoms with Gasteiger partial charge in [0.15, 0.2) is 32.1 Å². The molecule has 4 heterocycles. The lowest BCUT2D eigenvalue weighted by Crippen LogP contribution is -2.09. The van der Waals surface area contributed by atoms with Crippen LogP contribution in [0.4, 0.5) is 46.5 Å². The van der Waals surface area contributed by atoms with E-state index in [0.29, 0.717) is 0 Å². The second-order valence-corrected chi connectivity index (χ2v) is 21.0. The Morgan fingerprint density at radius 3 is 1.07 bits per heavy atom. The molecule has 34 heteroatoms. The monoisotopic (exact) mass is 1110 g/mol. The van der Waals surface area contributed by atoms with Crippen molar-refractivity contribution in [2.75, 3.05) is 21.3 Å². The van der Waals surface area contributed by atoms with Crippen molar-refractivity contribution in [1.29, 1.82) is 0 Å². The van der Waals surface area contributed by atoms with Crippen LogP contribution in [0.15, 0.2) is 101 Å². The number of nitrogens with one attached hydrogen (secondary N) is 6. The Bertz CT molecular complexity index is 3960. The summed E-state index contributed by atoms with van der Waals surface area (Å²) in [5.74, 6) is -1.60. The van der Waals surface area contributed by atoms with Crippen LogP contribution in [0.3, 0.4) is 0 Å². The molecule has 0 atom stereocenters. The molecule has 10 N–H and O–H groups in total. The van der Waals surface area contributed by atoms with Gasteiger partial charge in [-0.05, 0) is 71.7 Å². The molecule has 0 aliphatic rings. The fourth-order valence-electron chi connectivity index (χ4n) is 6.76.